The summed E-state index contributed by atoms with van der Waals surface area (Å²) in [5.41, 5.74) is 0.886. The Morgan fingerprint density at radius 3 is 2.46 bits per heavy atom. The number of hydrazone groups is 1. The Balaban J connectivity index is 2.26. The fourth-order valence-electron chi connectivity index (χ4n) is 2.05. The van der Waals surface area contributed by atoms with Crippen LogP contribution in [0.15, 0.2) is 41.5 Å². The second-order valence-corrected chi connectivity index (χ2v) is 4.96. The lowest BCUT2D eigenvalue weighted by atomic mass is 10.1. The van der Waals surface area contributed by atoms with Gasteiger partial charge in [0.2, 0.25) is 0 Å². The molecular formula is C16H14F3N3O4. The molecule has 0 saturated carbocycles. The van der Waals surface area contributed by atoms with E-state index in [0.717, 1.165) is 12.1 Å². The van der Waals surface area contributed by atoms with Gasteiger partial charge in [0.1, 0.15) is 17.2 Å². The van der Waals surface area contributed by atoms with E-state index in [2.05, 4.69) is 10.5 Å². The number of nitrogens with one attached hydrogen (secondary N) is 1. The van der Waals surface area contributed by atoms with Crippen molar-refractivity contribution in [2.75, 3.05) is 19.6 Å². The molecule has 0 radical (unpaired) electrons. The molecule has 2 rings (SSSR count). The standard InChI is InChI=1S/C16H14F3N3O4/c1-25-12-5-3-10(15(8-12)26-2)9-20-21-13-6-4-11(16(17,18)19)7-14(13)22(23)24/h3-9,21H,1-2H3. The maximum absolute atomic E-state index is 12.7. The molecular weight excluding hydrogens is 355 g/mol. The zero-order valence-corrected chi connectivity index (χ0v) is 13.7. The number of anilines is 1. The lowest BCUT2D eigenvalue weighted by molar-refractivity contribution is -0.384. The Morgan fingerprint density at radius 1 is 1.15 bits per heavy atom. The molecule has 0 spiro atoms. The SMILES string of the molecule is COc1ccc(C=NNc2ccc(C(F)(F)F)cc2[N+](=O)[O-])c(OC)c1. The molecule has 0 aliphatic carbocycles. The number of alkyl halides is 3. The van der Waals surface area contributed by atoms with E-state index in [0.29, 0.717) is 23.1 Å². The van der Waals surface area contributed by atoms with Gasteiger partial charge in [0.15, 0.2) is 0 Å². The van der Waals surface area contributed by atoms with E-state index < -0.39 is 22.4 Å². The molecule has 0 bridgehead atoms. The van der Waals surface area contributed by atoms with Gasteiger partial charge in [-0.1, -0.05) is 0 Å². The van der Waals surface area contributed by atoms with Gasteiger partial charge in [-0.3, -0.25) is 15.5 Å². The molecule has 0 amide bonds. The first-order valence-corrected chi connectivity index (χ1v) is 7.13. The van der Waals surface area contributed by atoms with E-state index in [4.69, 9.17) is 9.47 Å². The molecule has 2 aromatic rings. The molecule has 0 saturated heterocycles. The lowest BCUT2D eigenvalue weighted by Gasteiger charge is -2.09. The number of nitro groups is 1. The maximum Gasteiger partial charge on any atom is 0.416 e. The number of rotatable bonds is 6. The van der Waals surface area contributed by atoms with E-state index in [9.17, 15) is 23.3 Å². The van der Waals surface area contributed by atoms with Crippen LogP contribution in [0.4, 0.5) is 24.5 Å². The first-order chi connectivity index (χ1) is 12.3. The Morgan fingerprint density at radius 2 is 1.88 bits per heavy atom. The molecule has 2 aromatic carbocycles. The molecule has 138 valence electrons. The van der Waals surface area contributed by atoms with Crippen LogP contribution in [-0.4, -0.2) is 25.4 Å². The van der Waals surface area contributed by atoms with Crippen LogP contribution < -0.4 is 14.9 Å². The van der Waals surface area contributed by atoms with Crippen molar-refractivity contribution in [1.29, 1.82) is 0 Å². The highest BCUT2D eigenvalue weighted by molar-refractivity contribution is 5.84. The van der Waals surface area contributed by atoms with Crippen molar-refractivity contribution >= 4 is 17.6 Å². The zero-order valence-electron chi connectivity index (χ0n) is 13.7. The van der Waals surface area contributed by atoms with Gasteiger partial charge in [-0.2, -0.15) is 18.3 Å². The Labute approximate surface area is 146 Å². The Kier molecular flexibility index (Phi) is 5.65. The molecule has 0 atom stereocenters. The summed E-state index contributed by atoms with van der Waals surface area (Å²) in [6.07, 6.45) is -3.36. The molecule has 26 heavy (non-hydrogen) atoms. The highest BCUT2D eigenvalue weighted by atomic mass is 19.4. The number of ether oxygens (including phenoxy) is 2. The third-order valence-corrected chi connectivity index (χ3v) is 3.35. The third-order valence-electron chi connectivity index (χ3n) is 3.35. The molecule has 0 unspecified atom stereocenters. The van der Waals surface area contributed by atoms with Crippen LogP contribution in [-0.2, 0) is 6.18 Å². The minimum Gasteiger partial charge on any atom is -0.497 e. The fraction of sp³-hybridized carbons (Fsp3) is 0.188. The van der Waals surface area contributed by atoms with Gasteiger partial charge >= 0.3 is 6.18 Å². The van der Waals surface area contributed by atoms with Crippen LogP contribution in [0.2, 0.25) is 0 Å². The van der Waals surface area contributed by atoms with E-state index in [-0.39, 0.29) is 5.69 Å². The van der Waals surface area contributed by atoms with Crippen molar-refractivity contribution in [2.45, 2.75) is 6.18 Å². The van der Waals surface area contributed by atoms with Crippen molar-refractivity contribution in [3.05, 3.63) is 57.6 Å². The average molecular weight is 369 g/mol. The van der Waals surface area contributed by atoms with Crippen LogP contribution in [0, 0.1) is 10.1 Å². The average Bonchev–Trinajstić information content (AvgIpc) is 2.61. The van der Waals surface area contributed by atoms with Gasteiger partial charge in [-0.05, 0) is 24.3 Å². The minimum atomic E-state index is -4.68. The number of halogens is 3. The molecule has 10 heteroatoms. The van der Waals surface area contributed by atoms with Crippen LogP contribution >= 0.6 is 0 Å². The fourth-order valence-corrected chi connectivity index (χ4v) is 2.05. The van der Waals surface area contributed by atoms with E-state index in [1.165, 1.54) is 20.4 Å². The largest absolute Gasteiger partial charge is 0.497 e. The minimum absolute atomic E-state index is 0.174. The van der Waals surface area contributed by atoms with Crippen molar-refractivity contribution in [3.63, 3.8) is 0 Å². The zero-order chi connectivity index (χ0) is 19.3. The molecule has 0 aliphatic rings. The summed E-state index contributed by atoms with van der Waals surface area (Å²) in [6.45, 7) is 0. The first kappa shape index (κ1) is 19.0. The normalized spacial score (nSPS) is 11.4. The number of nitrogens with zero attached hydrogens (tertiary/aromatic N) is 2. The number of nitro benzene ring substituents is 1. The predicted octanol–water partition coefficient (Wildman–Crippen LogP) is 4.08. The second kappa shape index (κ2) is 7.72. The topological polar surface area (TPSA) is 86.0 Å². The monoisotopic (exact) mass is 369 g/mol. The molecule has 0 aromatic heterocycles. The van der Waals surface area contributed by atoms with E-state index in [1.807, 2.05) is 0 Å². The lowest BCUT2D eigenvalue weighted by Crippen LogP contribution is -2.06. The van der Waals surface area contributed by atoms with Gasteiger partial charge in [-0.15, -0.1) is 0 Å². The van der Waals surface area contributed by atoms with E-state index in [1.54, 1.807) is 18.2 Å². The maximum atomic E-state index is 12.7. The van der Waals surface area contributed by atoms with Gasteiger partial charge in [0, 0.05) is 17.7 Å². The summed E-state index contributed by atoms with van der Waals surface area (Å²) in [5.74, 6) is 1.00. The van der Waals surface area contributed by atoms with Gasteiger partial charge in [0.05, 0.1) is 30.9 Å². The summed E-state index contributed by atoms with van der Waals surface area (Å²) in [7, 11) is 2.94. The van der Waals surface area contributed by atoms with Crippen molar-refractivity contribution < 1.29 is 27.6 Å². The molecule has 0 aliphatic heterocycles. The Hall–Kier alpha value is -3.30. The van der Waals surface area contributed by atoms with Gasteiger partial charge < -0.3 is 9.47 Å². The quantitative estimate of drug-likeness (QED) is 0.471. The van der Waals surface area contributed by atoms with E-state index >= 15 is 0 Å². The molecule has 7 nitrogen and oxygen atoms in total. The number of benzene rings is 2. The Bertz CT molecular complexity index is 838. The number of hydrogen-bond acceptors (Lipinski definition) is 6. The number of methoxy groups -OCH3 is 2. The first-order valence-electron chi connectivity index (χ1n) is 7.13. The highest BCUT2D eigenvalue weighted by Crippen LogP contribution is 2.35. The highest BCUT2D eigenvalue weighted by Gasteiger charge is 2.33. The smallest absolute Gasteiger partial charge is 0.416 e. The molecule has 0 heterocycles. The van der Waals surface area contributed by atoms with Crippen LogP contribution in [0.5, 0.6) is 11.5 Å². The summed E-state index contributed by atoms with van der Waals surface area (Å²) in [4.78, 5) is 10.1. The summed E-state index contributed by atoms with van der Waals surface area (Å²) in [5, 5.41) is 14.8. The third kappa shape index (κ3) is 4.41. The van der Waals surface area contributed by atoms with Crippen molar-refractivity contribution in [1.82, 2.24) is 0 Å². The molecule has 1 N–H and O–H groups in total. The summed E-state index contributed by atoms with van der Waals surface area (Å²) < 4.78 is 48.3. The van der Waals surface area contributed by atoms with Crippen molar-refractivity contribution in [2.24, 2.45) is 5.10 Å². The van der Waals surface area contributed by atoms with Crippen LogP contribution in [0.1, 0.15) is 11.1 Å². The number of hydrogen-bond donors (Lipinski definition) is 1. The van der Waals surface area contributed by atoms with Crippen molar-refractivity contribution in [3.8, 4) is 11.5 Å². The molecule has 0 fully saturated rings. The second-order valence-electron chi connectivity index (χ2n) is 4.96. The van der Waals surface area contributed by atoms with Crippen LogP contribution in [0.25, 0.3) is 0 Å². The van der Waals surface area contributed by atoms with Crippen LogP contribution in [0.3, 0.4) is 0 Å². The summed E-state index contributed by atoms with van der Waals surface area (Å²) >= 11 is 0. The predicted molar refractivity (Wildman–Crippen MR) is 88.9 cm³/mol. The van der Waals surface area contributed by atoms with Gasteiger partial charge in [0.25, 0.3) is 5.69 Å². The van der Waals surface area contributed by atoms with Gasteiger partial charge in [-0.25, -0.2) is 0 Å². The summed E-state index contributed by atoms with van der Waals surface area (Å²) in [6, 6.07) is 7.05.